The predicted octanol–water partition coefficient (Wildman–Crippen LogP) is 8.62. The number of aryl methyl sites for hydroxylation is 1. The van der Waals surface area contributed by atoms with Crippen LogP contribution in [0.5, 0.6) is 23.0 Å². The molecule has 0 saturated carbocycles. The molecule has 41 heavy (non-hydrogen) atoms. The molecule has 4 aromatic carbocycles. The number of nitrogens with zero attached hydrogens (tertiary/aromatic N) is 3. The van der Waals surface area contributed by atoms with Crippen molar-refractivity contribution in [3.8, 4) is 23.0 Å². The molecular formula is C33H24FN3O3S. The number of ether oxygens (including phenoxy) is 3. The highest BCUT2D eigenvalue weighted by Crippen LogP contribution is 2.38. The van der Waals surface area contributed by atoms with E-state index in [-0.39, 0.29) is 5.75 Å². The first kappa shape index (κ1) is 26.3. The van der Waals surface area contributed by atoms with Gasteiger partial charge in [-0.1, -0.05) is 30.3 Å². The van der Waals surface area contributed by atoms with Crippen LogP contribution in [0.25, 0.3) is 32.7 Å². The highest BCUT2D eigenvalue weighted by Gasteiger charge is 2.14. The molecular weight excluding hydrogens is 537 g/mol. The molecule has 0 saturated heterocycles. The first-order chi connectivity index (χ1) is 20.1. The smallest absolute Gasteiger partial charge is 0.167 e. The molecule has 0 amide bonds. The zero-order valence-corrected chi connectivity index (χ0v) is 23.0. The average Bonchev–Trinajstić information content (AvgIpc) is 2.99. The van der Waals surface area contributed by atoms with E-state index in [0.29, 0.717) is 40.4 Å². The number of pyridine rings is 2. The van der Waals surface area contributed by atoms with Crippen LogP contribution in [0.1, 0.15) is 12.0 Å². The van der Waals surface area contributed by atoms with Crippen molar-refractivity contribution in [2.45, 2.75) is 12.8 Å². The molecule has 6 rings (SSSR count). The van der Waals surface area contributed by atoms with Gasteiger partial charge in [-0.3, -0.25) is 4.98 Å². The van der Waals surface area contributed by atoms with Crippen molar-refractivity contribution in [2.24, 2.45) is 4.99 Å². The van der Waals surface area contributed by atoms with Crippen molar-refractivity contribution in [3.05, 3.63) is 103 Å². The maximum atomic E-state index is 14.6. The van der Waals surface area contributed by atoms with E-state index in [9.17, 15) is 4.39 Å². The molecule has 0 radical (unpaired) electrons. The van der Waals surface area contributed by atoms with E-state index < -0.39 is 5.82 Å². The zero-order valence-electron chi connectivity index (χ0n) is 22.1. The molecule has 8 heteroatoms. The number of para-hydroxylation sites is 1. The summed E-state index contributed by atoms with van der Waals surface area (Å²) in [6.07, 6.45) is 3.24. The van der Waals surface area contributed by atoms with Gasteiger partial charge in [0.2, 0.25) is 0 Å². The number of halogens is 1. The summed E-state index contributed by atoms with van der Waals surface area (Å²) in [5.41, 5.74) is 4.20. The first-order valence-electron chi connectivity index (χ1n) is 13.0. The third-order valence-electron chi connectivity index (χ3n) is 6.80. The van der Waals surface area contributed by atoms with Gasteiger partial charge in [-0.2, -0.15) is 4.99 Å². The number of methoxy groups -OCH3 is 1. The molecule has 0 N–H and O–H groups in total. The average molecular weight is 562 g/mol. The zero-order chi connectivity index (χ0) is 28.2. The third-order valence-corrected chi connectivity index (χ3v) is 6.89. The Morgan fingerprint density at radius 1 is 0.829 bits per heavy atom. The summed E-state index contributed by atoms with van der Waals surface area (Å²) >= 11 is 4.59. The van der Waals surface area contributed by atoms with Gasteiger partial charge in [0, 0.05) is 34.5 Å². The molecule has 0 bridgehead atoms. The number of isothiocyanates is 1. The largest absolute Gasteiger partial charge is 0.493 e. The van der Waals surface area contributed by atoms with Crippen LogP contribution >= 0.6 is 12.2 Å². The highest BCUT2D eigenvalue weighted by molar-refractivity contribution is 7.78. The standard InChI is InChI=1S/C33H24FN3O3S/c1-38-32-18-25-29(35-14-13-30(25)40-31-12-11-23(36-20-41)17-26(31)34)19-33(32)39-15-5-8-21-7-4-10-28-24(21)16-22-6-2-3-9-27(22)37-28/h2-4,6-7,9-14,16-19H,5,8,15H2,1H3. The lowest BCUT2D eigenvalue weighted by atomic mass is 10.0. The molecule has 0 aliphatic heterocycles. The molecule has 2 aromatic heterocycles. The summed E-state index contributed by atoms with van der Waals surface area (Å²) in [4.78, 5) is 13.1. The Morgan fingerprint density at radius 3 is 2.56 bits per heavy atom. The van der Waals surface area contributed by atoms with Crippen LogP contribution in [-0.2, 0) is 6.42 Å². The Hall–Kier alpha value is -4.91. The van der Waals surface area contributed by atoms with E-state index in [1.807, 2.05) is 36.4 Å². The minimum absolute atomic E-state index is 0.0525. The molecule has 6 nitrogen and oxygen atoms in total. The second-order valence-corrected chi connectivity index (χ2v) is 9.55. The third kappa shape index (κ3) is 5.57. The maximum absolute atomic E-state index is 14.6. The van der Waals surface area contributed by atoms with Crippen LogP contribution < -0.4 is 14.2 Å². The normalized spacial score (nSPS) is 11.0. The van der Waals surface area contributed by atoms with Crippen LogP contribution in [0.2, 0.25) is 0 Å². The lowest BCUT2D eigenvalue weighted by molar-refractivity contribution is 0.290. The molecule has 0 spiro atoms. The van der Waals surface area contributed by atoms with Crippen molar-refractivity contribution >= 4 is 55.8 Å². The van der Waals surface area contributed by atoms with Gasteiger partial charge in [0.1, 0.15) is 5.75 Å². The van der Waals surface area contributed by atoms with Crippen molar-refractivity contribution in [2.75, 3.05) is 13.7 Å². The fourth-order valence-corrected chi connectivity index (χ4v) is 4.93. The van der Waals surface area contributed by atoms with Gasteiger partial charge < -0.3 is 14.2 Å². The summed E-state index contributed by atoms with van der Waals surface area (Å²) in [7, 11) is 1.58. The number of benzene rings is 4. The quantitative estimate of drug-likeness (QED) is 0.0762. The van der Waals surface area contributed by atoms with Crippen LogP contribution in [0.3, 0.4) is 0 Å². The molecule has 0 fully saturated rings. The molecule has 6 aromatic rings. The molecule has 0 atom stereocenters. The maximum Gasteiger partial charge on any atom is 0.167 e. The number of aromatic nitrogens is 2. The lowest BCUT2D eigenvalue weighted by Crippen LogP contribution is -2.02. The van der Waals surface area contributed by atoms with Gasteiger partial charge in [0.15, 0.2) is 23.1 Å². The van der Waals surface area contributed by atoms with Crippen molar-refractivity contribution in [1.82, 2.24) is 9.97 Å². The van der Waals surface area contributed by atoms with Crippen LogP contribution in [0, 0.1) is 5.82 Å². The van der Waals surface area contributed by atoms with E-state index in [1.165, 1.54) is 17.7 Å². The van der Waals surface area contributed by atoms with Gasteiger partial charge in [-0.25, -0.2) is 9.37 Å². The van der Waals surface area contributed by atoms with Crippen LogP contribution in [0.15, 0.2) is 96.1 Å². The van der Waals surface area contributed by atoms with E-state index in [2.05, 4.69) is 45.6 Å². The Balaban J connectivity index is 1.19. The number of fused-ring (bicyclic) bond motifs is 3. The topological polar surface area (TPSA) is 65.8 Å². The summed E-state index contributed by atoms with van der Waals surface area (Å²) in [5, 5.41) is 5.17. The molecule has 0 aliphatic rings. The van der Waals surface area contributed by atoms with Crippen LogP contribution in [-0.4, -0.2) is 28.8 Å². The number of hydrogen-bond donors (Lipinski definition) is 0. The summed E-state index contributed by atoms with van der Waals surface area (Å²) in [6, 6.07) is 26.2. The van der Waals surface area contributed by atoms with Gasteiger partial charge in [0.05, 0.1) is 41.1 Å². The monoisotopic (exact) mass is 561 g/mol. The number of rotatable bonds is 9. The van der Waals surface area contributed by atoms with Gasteiger partial charge in [-0.05, 0) is 73.1 Å². The number of aliphatic imine (C=N–C) groups is 1. The van der Waals surface area contributed by atoms with Gasteiger partial charge in [0.25, 0.3) is 0 Å². The molecule has 202 valence electrons. The lowest BCUT2D eigenvalue weighted by Gasteiger charge is -2.14. The second kappa shape index (κ2) is 11.7. The minimum Gasteiger partial charge on any atom is -0.493 e. The SMILES string of the molecule is COc1cc2c(Oc3ccc(N=C=S)cc3F)ccnc2cc1OCCCc1cccc2nc3ccccc3cc12. The van der Waals surface area contributed by atoms with Crippen molar-refractivity contribution < 1.29 is 18.6 Å². The number of thiocarbonyl (C=S) groups is 1. The van der Waals surface area contributed by atoms with E-state index in [4.69, 9.17) is 19.2 Å². The molecule has 2 heterocycles. The minimum atomic E-state index is -0.566. The Bertz CT molecular complexity index is 1960. The van der Waals surface area contributed by atoms with E-state index >= 15 is 0 Å². The summed E-state index contributed by atoms with van der Waals surface area (Å²) in [5.74, 6) is 1.02. The Morgan fingerprint density at radius 2 is 1.71 bits per heavy atom. The van der Waals surface area contributed by atoms with Crippen LogP contribution in [0.4, 0.5) is 10.1 Å². The molecule has 0 unspecified atom stereocenters. The predicted molar refractivity (Wildman–Crippen MR) is 163 cm³/mol. The van der Waals surface area contributed by atoms with E-state index in [0.717, 1.165) is 34.6 Å². The fourth-order valence-electron chi connectivity index (χ4n) is 4.83. The van der Waals surface area contributed by atoms with E-state index in [1.54, 1.807) is 31.5 Å². The Labute approximate surface area is 241 Å². The summed E-state index contributed by atoms with van der Waals surface area (Å²) in [6.45, 7) is 0.483. The van der Waals surface area contributed by atoms with Crippen molar-refractivity contribution in [1.29, 1.82) is 0 Å². The molecule has 0 aliphatic carbocycles. The van der Waals surface area contributed by atoms with Crippen molar-refractivity contribution in [3.63, 3.8) is 0 Å². The second-order valence-electron chi connectivity index (χ2n) is 9.37. The first-order valence-corrected chi connectivity index (χ1v) is 13.5. The summed E-state index contributed by atoms with van der Waals surface area (Å²) < 4.78 is 32.3. The highest BCUT2D eigenvalue weighted by atomic mass is 32.1. The van der Waals surface area contributed by atoms with Gasteiger partial charge in [-0.15, -0.1) is 0 Å². The van der Waals surface area contributed by atoms with Gasteiger partial charge >= 0.3 is 0 Å². The number of hydrogen-bond acceptors (Lipinski definition) is 7. The fraction of sp³-hybridized carbons (Fsp3) is 0.121. The Kier molecular flexibility index (Phi) is 7.50.